The number of aromatic nitrogens is 2. The molecule has 0 aliphatic heterocycles. The summed E-state index contributed by atoms with van der Waals surface area (Å²) in [4.78, 5) is 20.5. The van der Waals surface area contributed by atoms with Gasteiger partial charge in [-0.2, -0.15) is 5.26 Å². The fraction of sp³-hybridized carbons (Fsp3) is 0.240. The van der Waals surface area contributed by atoms with Crippen LogP contribution >= 0.6 is 23.1 Å². The number of rotatable bonds is 6. The van der Waals surface area contributed by atoms with Crippen LogP contribution in [0.4, 0.5) is 0 Å². The van der Waals surface area contributed by atoms with Crippen molar-refractivity contribution in [2.75, 3.05) is 0 Å². The van der Waals surface area contributed by atoms with E-state index in [4.69, 9.17) is 10.2 Å². The number of fused-ring (bicyclic) bond motifs is 1. The number of hydrogen-bond donors (Lipinski definition) is 0. The Hall–Kier alpha value is -2.88. The molecule has 0 saturated heterocycles. The van der Waals surface area contributed by atoms with Crippen LogP contribution in [0.15, 0.2) is 58.5 Å². The quantitative estimate of drug-likeness (QED) is 0.276. The summed E-state index contributed by atoms with van der Waals surface area (Å²) in [5.41, 5.74) is 5.10. The minimum atomic E-state index is 0.0290. The van der Waals surface area contributed by atoms with Crippen LogP contribution in [0.5, 0.6) is 0 Å². The standard InChI is InChI=1S/C25H23N3OS2/c1-4-21-17(3)22-23(31-21)27-25(30-15-20-11-9-18(13-26)10-12-20)28(24(22)29)14-19-7-5-16(2)6-8-19/h5-12H,4,14-15H2,1-3H3. The highest BCUT2D eigenvalue weighted by molar-refractivity contribution is 7.98. The number of hydrogen-bond acceptors (Lipinski definition) is 5. The molecular formula is C25H23N3OS2. The van der Waals surface area contributed by atoms with E-state index in [2.05, 4.69) is 44.2 Å². The van der Waals surface area contributed by atoms with E-state index < -0.39 is 0 Å². The van der Waals surface area contributed by atoms with Crippen molar-refractivity contribution < 1.29 is 0 Å². The summed E-state index contributed by atoms with van der Waals surface area (Å²) >= 11 is 3.19. The molecule has 2 aromatic heterocycles. The van der Waals surface area contributed by atoms with Crippen LogP contribution in [-0.4, -0.2) is 9.55 Å². The molecule has 2 heterocycles. The van der Waals surface area contributed by atoms with Gasteiger partial charge in [0.05, 0.1) is 23.6 Å². The van der Waals surface area contributed by atoms with Gasteiger partial charge in [0.15, 0.2) is 5.16 Å². The van der Waals surface area contributed by atoms with Gasteiger partial charge in [-0.25, -0.2) is 4.98 Å². The molecule has 0 spiro atoms. The highest BCUT2D eigenvalue weighted by Crippen LogP contribution is 2.30. The largest absolute Gasteiger partial charge is 0.283 e. The van der Waals surface area contributed by atoms with Crippen LogP contribution in [-0.2, 0) is 18.7 Å². The lowest BCUT2D eigenvalue weighted by molar-refractivity contribution is 0.659. The average molecular weight is 446 g/mol. The molecule has 156 valence electrons. The zero-order valence-corrected chi connectivity index (χ0v) is 19.4. The van der Waals surface area contributed by atoms with Crippen molar-refractivity contribution in [3.8, 4) is 6.07 Å². The van der Waals surface area contributed by atoms with E-state index in [1.54, 1.807) is 27.7 Å². The predicted molar refractivity (Wildman–Crippen MR) is 129 cm³/mol. The van der Waals surface area contributed by atoms with Crippen molar-refractivity contribution in [1.82, 2.24) is 9.55 Å². The first-order chi connectivity index (χ1) is 15.0. The maximum absolute atomic E-state index is 13.5. The zero-order valence-electron chi connectivity index (χ0n) is 17.8. The molecule has 6 heteroatoms. The van der Waals surface area contributed by atoms with Gasteiger partial charge in [0.25, 0.3) is 5.56 Å². The van der Waals surface area contributed by atoms with Gasteiger partial charge < -0.3 is 0 Å². The number of aryl methyl sites for hydroxylation is 3. The van der Waals surface area contributed by atoms with Crippen molar-refractivity contribution in [2.45, 2.75) is 44.6 Å². The second-order valence-corrected chi connectivity index (χ2v) is 9.58. The van der Waals surface area contributed by atoms with Crippen LogP contribution in [0.3, 0.4) is 0 Å². The topological polar surface area (TPSA) is 58.7 Å². The van der Waals surface area contributed by atoms with Gasteiger partial charge in [-0.1, -0.05) is 60.6 Å². The van der Waals surface area contributed by atoms with Gasteiger partial charge in [0.2, 0.25) is 0 Å². The minimum absolute atomic E-state index is 0.0290. The summed E-state index contributed by atoms with van der Waals surface area (Å²) in [6, 6.07) is 18.0. The molecule has 0 aliphatic rings. The summed E-state index contributed by atoms with van der Waals surface area (Å²) in [5.74, 6) is 0.683. The van der Waals surface area contributed by atoms with Crippen LogP contribution in [0, 0.1) is 25.2 Å². The lowest BCUT2D eigenvalue weighted by Gasteiger charge is -2.13. The van der Waals surface area contributed by atoms with Crippen molar-refractivity contribution in [2.24, 2.45) is 0 Å². The molecule has 0 atom stereocenters. The third kappa shape index (κ3) is 4.43. The van der Waals surface area contributed by atoms with E-state index in [0.29, 0.717) is 17.9 Å². The molecular weight excluding hydrogens is 422 g/mol. The van der Waals surface area contributed by atoms with Crippen molar-refractivity contribution in [1.29, 1.82) is 5.26 Å². The van der Waals surface area contributed by atoms with E-state index in [-0.39, 0.29) is 5.56 Å². The number of thioether (sulfide) groups is 1. The van der Waals surface area contributed by atoms with E-state index in [1.165, 1.54) is 10.4 Å². The Bertz CT molecular complexity index is 1330. The monoisotopic (exact) mass is 445 g/mol. The lowest BCUT2D eigenvalue weighted by Crippen LogP contribution is -2.24. The Morgan fingerprint density at radius 3 is 2.39 bits per heavy atom. The molecule has 4 rings (SSSR count). The number of nitriles is 1. The molecule has 0 amide bonds. The highest BCUT2D eigenvalue weighted by atomic mass is 32.2. The summed E-state index contributed by atoms with van der Waals surface area (Å²) in [5, 5.41) is 10.5. The van der Waals surface area contributed by atoms with Crippen LogP contribution in [0.25, 0.3) is 10.2 Å². The van der Waals surface area contributed by atoms with E-state index in [1.807, 2.05) is 31.2 Å². The fourth-order valence-corrected chi connectivity index (χ4v) is 5.64. The second kappa shape index (κ2) is 9.09. The first-order valence-electron chi connectivity index (χ1n) is 10.2. The Labute approximate surface area is 190 Å². The molecule has 0 bridgehead atoms. The highest BCUT2D eigenvalue weighted by Gasteiger charge is 2.18. The van der Waals surface area contributed by atoms with E-state index >= 15 is 0 Å². The van der Waals surface area contributed by atoms with Gasteiger partial charge in [-0.3, -0.25) is 9.36 Å². The molecule has 4 nitrogen and oxygen atoms in total. The Morgan fingerprint density at radius 2 is 1.74 bits per heavy atom. The van der Waals surface area contributed by atoms with E-state index in [9.17, 15) is 4.79 Å². The molecule has 0 fully saturated rings. The fourth-order valence-electron chi connectivity index (χ4n) is 3.53. The van der Waals surface area contributed by atoms with Gasteiger partial charge in [-0.15, -0.1) is 11.3 Å². The summed E-state index contributed by atoms with van der Waals surface area (Å²) in [7, 11) is 0. The number of nitrogens with zero attached hydrogens (tertiary/aromatic N) is 3. The normalized spacial score (nSPS) is 11.0. The predicted octanol–water partition coefficient (Wildman–Crippen LogP) is 5.85. The smallest absolute Gasteiger partial charge is 0.263 e. The molecule has 2 aromatic carbocycles. The van der Waals surface area contributed by atoms with Crippen LogP contribution < -0.4 is 5.56 Å². The molecule has 0 radical (unpaired) electrons. The number of thiophene rings is 1. The molecule has 4 aromatic rings. The van der Waals surface area contributed by atoms with Crippen molar-refractivity contribution >= 4 is 33.3 Å². The molecule has 0 saturated carbocycles. The minimum Gasteiger partial charge on any atom is -0.283 e. The summed E-state index contributed by atoms with van der Waals surface area (Å²) < 4.78 is 1.81. The zero-order chi connectivity index (χ0) is 22.0. The second-order valence-electron chi connectivity index (χ2n) is 7.55. The molecule has 0 unspecified atom stereocenters. The molecule has 0 N–H and O–H groups in total. The SMILES string of the molecule is CCc1sc2nc(SCc3ccc(C#N)cc3)n(Cc3ccc(C)cc3)c(=O)c2c1C. The van der Waals surface area contributed by atoms with Gasteiger partial charge in [0.1, 0.15) is 4.83 Å². The maximum Gasteiger partial charge on any atom is 0.263 e. The van der Waals surface area contributed by atoms with E-state index in [0.717, 1.165) is 38.5 Å². The van der Waals surface area contributed by atoms with Gasteiger partial charge in [-0.05, 0) is 49.1 Å². The van der Waals surface area contributed by atoms with Gasteiger partial charge in [0, 0.05) is 10.6 Å². The van der Waals surface area contributed by atoms with Crippen LogP contribution in [0.1, 0.15) is 39.6 Å². The van der Waals surface area contributed by atoms with Crippen molar-refractivity contribution in [3.63, 3.8) is 0 Å². The summed E-state index contributed by atoms with van der Waals surface area (Å²) in [6.07, 6.45) is 0.901. The Kier molecular flexibility index (Phi) is 6.26. The van der Waals surface area contributed by atoms with Crippen LogP contribution in [0.2, 0.25) is 0 Å². The Morgan fingerprint density at radius 1 is 1.06 bits per heavy atom. The molecule has 31 heavy (non-hydrogen) atoms. The average Bonchev–Trinajstić information content (AvgIpc) is 3.11. The Balaban J connectivity index is 1.76. The first kappa shape index (κ1) is 21.4. The summed E-state index contributed by atoms with van der Waals surface area (Å²) in [6.45, 7) is 6.70. The number of benzene rings is 2. The lowest BCUT2D eigenvalue weighted by atomic mass is 10.1. The third-order valence-corrected chi connectivity index (χ3v) is 7.73. The molecule has 0 aliphatic carbocycles. The maximum atomic E-state index is 13.5. The van der Waals surface area contributed by atoms with Gasteiger partial charge >= 0.3 is 0 Å². The van der Waals surface area contributed by atoms with Crippen molar-refractivity contribution in [3.05, 3.63) is 91.6 Å². The third-order valence-electron chi connectivity index (χ3n) is 5.35. The first-order valence-corrected chi connectivity index (χ1v) is 12.0.